The molecule has 1 N–H and O–H groups in total. The summed E-state index contributed by atoms with van der Waals surface area (Å²) < 4.78 is 3.43. The number of carbonyl (C=O) groups is 1. The minimum atomic E-state index is -0.944. The Morgan fingerprint density at radius 3 is 2.52 bits per heavy atom. The maximum absolute atomic E-state index is 13.2. The highest BCUT2D eigenvalue weighted by Crippen LogP contribution is 2.25. The van der Waals surface area contributed by atoms with E-state index in [1.165, 1.54) is 32.1 Å². The van der Waals surface area contributed by atoms with Crippen LogP contribution >= 0.6 is 0 Å². The summed E-state index contributed by atoms with van der Waals surface area (Å²) in [5.41, 5.74) is 2.72. The standard InChI is InChI=1S/C27H31N3O3/c1-2-3-13-25-28-30(19-20-9-5-4-6-10-20)27(33)29(25)18-21-14-16-22(17-15-21)23-11-7-8-12-24(23)26(31)32/h2-3,7-8,11-12,14-17,20H,4-6,9-10,13,18-19H2,1H3,(H,31,32). The molecular formula is C27H31N3O3. The molecule has 0 bridgehead atoms. The molecule has 6 nitrogen and oxygen atoms in total. The van der Waals surface area contributed by atoms with E-state index in [0.717, 1.165) is 17.0 Å². The number of aromatic nitrogens is 3. The minimum absolute atomic E-state index is 0.0552. The molecule has 172 valence electrons. The summed E-state index contributed by atoms with van der Waals surface area (Å²) >= 11 is 0. The molecule has 4 rings (SSSR count). The van der Waals surface area contributed by atoms with Crippen LogP contribution in [-0.4, -0.2) is 25.4 Å². The molecular weight excluding hydrogens is 414 g/mol. The number of nitrogens with zero attached hydrogens (tertiary/aromatic N) is 3. The third-order valence-electron chi connectivity index (χ3n) is 6.45. The Balaban J connectivity index is 1.59. The van der Waals surface area contributed by atoms with Crippen LogP contribution in [0.3, 0.4) is 0 Å². The molecule has 2 aromatic carbocycles. The number of allylic oxidation sites excluding steroid dienone is 2. The molecule has 1 aliphatic rings. The number of aromatic carboxylic acids is 1. The lowest BCUT2D eigenvalue weighted by atomic mass is 9.89. The predicted molar refractivity (Wildman–Crippen MR) is 130 cm³/mol. The average Bonchev–Trinajstić information content (AvgIpc) is 3.13. The Bertz CT molecular complexity index is 1180. The monoisotopic (exact) mass is 445 g/mol. The van der Waals surface area contributed by atoms with E-state index < -0.39 is 5.97 Å². The lowest BCUT2D eigenvalue weighted by molar-refractivity contribution is 0.0697. The molecule has 1 aliphatic carbocycles. The lowest BCUT2D eigenvalue weighted by Gasteiger charge is -2.20. The fourth-order valence-electron chi connectivity index (χ4n) is 4.65. The van der Waals surface area contributed by atoms with Gasteiger partial charge in [-0.05, 0) is 48.4 Å². The Hall–Kier alpha value is -3.41. The van der Waals surface area contributed by atoms with Gasteiger partial charge < -0.3 is 5.11 Å². The number of hydrogen-bond donors (Lipinski definition) is 1. The van der Waals surface area contributed by atoms with Crippen LogP contribution < -0.4 is 5.69 Å². The van der Waals surface area contributed by atoms with Gasteiger partial charge in [0.2, 0.25) is 0 Å². The van der Waals surface area contributed by atoms with E-state index in [0.29, 0.717) is 31.0 Å². The SMILES string of the molecule is CC=CCc1nn(CC2CCCCC2)c(=O)n1Cc1ccc(-c2ccccc2C(=O)O)cc1. The van der Waals surface area contributed by atoms with Gasteiger partial charge in [-0.25, -0.2) is 14.3 Å². The number of carboxylic acids is 1. The maximum Gasteiger partial charge on any atom is 0.346 e. The molecule has 1 saturated carbocycles. The van der Waals surface area contributed by atoms with E-state index in [4.69, 9.17) is 0 Å². The molecule has 33 heavy (non-hydrogen) atoms. The molecule has 0 radical (unpaired) electrons. The van der Waals surface area contributed by atoms with Gasteiger partial charge in [-0.1, -0.05) is 73.9 Å². The van der Waals surface area contributed by atoms with E-state index in [1.54, 1.807) is 21.4 Å². The molecule has 3 aromatic rings. The second kappa shape index (κ2) is 10.5. The first-order chi connectivity index (χ1) is 16.1. The van der Waals surface area contributed by atoms with Gasteiger partial charge in [0.05, 0.1) is 12.1 Å². The van der Waals surface area contributed by atoms with Crippen molar-refractivity contribution in [2.45, 2.75) is 58.5 Å². The molecule has 0 saturated heterocycles. The summed E-state index contributed by atoms with van der Waals surface area (Å²) in [7, 11) is 0. The Morgan fingerprint density at radius 2 is 1.82 bits per heavy atom. The topological polar surface area (TPSA) is 77.1 Å². The molecule has 0 spiro atoms. The molecule has 0 atom stereocenters. The first-order valence-electron chi connectivity index (χ1n) is 11.8. The van der Waals surface area contributed by atoms with Gasteiger partial charge in [-0.3, -0.25) is 4.57 Å². The second-order valence-corrected chi connectivity index (χ2v) is 8.79. The summed E-state index contributed by atoms with van der Waals surface area (Å²) in [5, 5.41) is 14.2. The zero-order valence-corrected chi connectivity index (χ0v) is 19.1. The van der Waals surface area contributed by atoms with Crippen LogP contribution in [-0.2, 0) is 19.5 Å². The van der Waals surface area contributed by atoms with E-state index >= 15 is 0 Å². The zero-order valence-electron chi connectivity index (χ0n) is 19.1. The van der Waals surface area contributed by atoms with Crippen molar-refractivity contribution in [1.29, 1.82) is 0 Å². The number of benzene rings is 2. The normalized spacial score (nSPS) is 14.7. The molecule has 1 aromatic heterocycles. The molecule has 6 heteroatoms. The summed E-state index contributed by atoms with van der Waals surface area (Å²) in [6, 6.07) is 14.7. The molecule has 1 heterocycles. The highest BCUT2D eigenvalue weighted by Gasteiger charge is 2.19. The van der Waals surface area contributed by atoms with Gasteiger partial charge in [0, 0.05) is 13.0 Å². The Morgan fingerprint density at radius 1 is 1.09 bits per heavy atom. The van der Waals surface area contributed by atoms with Gasteiger partial charge in [-0.15, -0.1) is 0 Å². The zero-order chi connectivity index (χ0) is 23.2. The van der Waals surface area contributed by atoms with Gasteiger partial charge in [0.1, 0.15) is 5.82 Å². The predicted octanol–water partition coefficient (Wildman–Crippen LogP) is 5.16. The molecule has 0 aliphatic heterocycles. The summed E-state index contributed by atoms with van der Waals surface area (Å²) in [4.78, 5) is 24.8. The van der Waals surface area contributed by atoms with E-state index in [-0.39, 0.29) is 11.3 Å². The van der Waals surface area contributed by atoms with Gasteiger partial charge in [0.15, 0.2) is 0 Å². The van der Waals surface area contributed by atoms with Gasteiger partial charge in [0.25, 0.3) is 0 Å². The van der Waals surface area contributed by atoms with E-state index in [2.05, 4.69) is 5.10 Å². The second-order valence-electron chi connectivity index (χ2n) is 8.79. The quantitative estimate of drug-likeness (QED) is 0.486. The van der Waals surface area contributed by atoms with Crippen LogP contribution in [0.2, 0.25) is 0 Å². The summed E-state index contributed by atoms with van der Waals surface area (Å²) in [6.45, 7) is 3.10. The number of hydrogen-bond acceptors (Lipinski definition) is 3. The maximum atomic E-state index is 13.2. The first-order valence-corrected chi connectivity index (χ1v) is 11.8. The smallest absolute Gasteiger partial charge is 0.346 e. The largest absolute Gasteiger partial charge is 0.478 e. The molecule has 0 unspecified atom stereocenters. The third kappa shape index (κ3) is 5.33. The molecule has 1 fully saturated rings. The highest BCUT2D eigenvalue weighted by atomic mass is 16.4. The highest BCUT2D eigenvalue weighted by molar-refractivity contribution is 5.95. The first kappa shape index (κ1) is 22.8. The fraction of sp³-hybridized carbons (Fsp3) is 0.370. The van der Waals surface area contributed by atoms with Crippen molar-refractivity contribution in [1.82, 2.24) is 14.3 Å². The van der Waals surface area contributed by atoms with Crippen molar-refractivity contribution in [3.05, 3.63) is 88.1 Å². The van der Waals surface area contributed by atoms with Gasteiger partial charge >= 0.3 is 11.7 Å². The van der Waals surface area contributed by atoms with Crippen molar-refractivity contribution in [3.63, 3.8) is 0 Å². The minimum Gasteiger partial charge on any atom is -0.478 e. The average molecular weight is 446 g/mol. The van der Waals surface area contributed by atoms with E-state index in [1.807, 2.05) is 55.5 Å². The third-order valence-corrected chi connectivity index (χ3v) is 6.45. The van der Waals surface area contributed by atoms with Gasteiger partial charge in [-0.2, -0.15) is 5.10 Å². The summed E-state index contributed by atoms with van der Waals surface area (Å²) in [6.07, 6.45) is 10.7. The van der Waals surface area contributed by atoms with Crippen LogP contribution in [0.25, 0.3) is 11.1 Å². The van der Waals surface area contributed by atoms with Crippen LogP contribution in [0, 0.1) is 5.92 Å². The summed E-state index contributed by atoms with van der Waals surface area (Å²) in [5.74, 6) is 0.359. The molecule has 0 amide bonds. The van der Waals surface area contributed by atoms with Crippen LogP contribution in [0.5, 0.6) is 0 Å². The van der Waals surface area contributed by atoms with Crippen molar-refractivity contribution < 1.29 is 9.90 Å². The Labute approximate surface area is 194 Å². The van der Waals surface area contributed by atoms with Crippen molar-refractivity contribution in [2.75, 3.05) is 0 Å². The van der Waals surface area contributed by atoms with E-state index in [9.17, 15) is 14.7 Å². The Kier molecular flexibility index (Phi) is 7.23. The van der Waals surface area contributed by atoms with Crippen molar-refractivity contribution in [3.8, 4) is 11.1 Å². The number of carboxylic acid groups (broad SMARTS) is 1. The fourth-order valence-corrected chi connectivity index (χ4v) is 4.65. The van der Waals surface area contributed by atoms with Crippen LogP contribution in [0.4, 0.5) is 0 Å². The lowest BCUT2D eigenvalue weighted by Crippen LogP contribution is -2.28. The van der Waals surface area contributed by atoms with Crippen molar-refractivity contribution >= 4 is 5.97 Å². The van der Waals surface area contributed by atoms with Crippen LogP contribution in [0.15, 0.2) is 65.5 Å². The van der Waals surface area contributed by atoms with Crippen LogP contribution in [0.1, 0.15) is 60.8 Å². The van der Waals surface area contributed by atoms with Crippen molar-refractivity contribution in [2.24, 2.45) is 5.92 Å². The number of rotatable bonds is 8.